The van der Waals surface area contributed by atoms with Crippen molar-refractivity contribution in [2.75, 3.05) is 0 Å². The van der Waals surface area contributed by atoms with Gasteiger partial charge in [0.05, 0.1) is 4.70 Å². The van der Waals surface area contributed by atoms with Crippen molar-refractivity contribution in [3.8, 4) is 0 Å². The molecule has 4 heteroatoms. The van der Waals surface area contributed by atoms with E-state index in [0.29, 0.717) is 0 Å². The molecule has 1 aromatic heterocycles. The average molecular weight is 207 g/mol. The Balaban J connectivity index is 2.75. The number of hydrogen-bond donors (Lipinski definition) is 1. The van der Waals surface area contributed by atoms with Crippen molar-refractivity contribution in [3.63, 3.8) is 0 Å². The van der Waals surface area contributed by atoms with Gasteiger partial charge in [0.25, 0.3) is 0 Å². The standard InChI is InChI=1S/C10H9NO2S/c1-2-6-4-3-5-7-8(10(12)13)11-14-9(6)7/h3-5H,2H2,1H3,(H,12,13). The third-order valence-electron chi connectivity index (χ3n) is 2.16. The molecular weight excluding hydrogens is 198 g/mol. The van der Waals surface area contributed by atoms with Crippen molar-refractivity contribution < 1.29 is 9.90 Å². The van der Waals surface area contributed by atoms with Crippen LogP contribution in [0.15, 0.2) is 18.2 Å². The van der Waals surface area contributed by atoms with Gasteiger partial charge in [-0.25, -0.2) is 4.79 Å². The number of carboxylic acids is 1. The Morgan fingerprint density at radius 3 is 3.00 bits per heavy atom. The Hall–Kier alpha value is -1.42. The maximum atomic E-state index is 10.8. The number of carboxylic acid groups (broad SMARTS) is 1. The van der Waals surface area contributed by atoms with Crippen LogP contribution in [0.4, 0.5) is 0 Å². The largest absolute Gasteiger partial charge is 0.476 e. The molecule has 0 bridgehead atoms. The number of benzene rings is 1. The van der Waals surface area contributed by atoms with Gasteiger partial charge >= 0.3 is 5.97 Å². The summed E-state index contributed by atoms with van der Waals surface area (Å²) in [6.45, 7) is 2.05. The summed E-state index contributed by atoms with van der Waals surface area (Å²) >= 11 is 1.26. The van der Waals surface area contributed by atoms with E-state index in [1.165, 1.54) is 11.5 Å². The van der Waals surface area contributed by atoms with Crippen LogP contribution in [0.2, 0.25) is 0 Å². The highest BCUT2D eigenvalue weighted by molar-refractivity contribution is 7.13. The second-order valence-corrected chi connectivity index (χ2v) is 3.76. The van der Waals surface area contributed by atoms with Gasteiger partial charge in [0, 0.05) is 5.39 Å². The zero-order valence-corrected chi connectivity index (χ0v) is 8.47. The minimum Gasteiger partial charge on any atom is -0.476 e. The summed E-state index contributed by atoms with van der Waals surface area (Å²) in [5.41, 5.74) is 1.33. The van der Waals surface area contributed by atoms with Gasteiger partial charge in [-0.05, 0) is 23.5 Å². The van der Waals surface area contributed by atoms with Gasteiger partial charge < -0.3 is 5.11 Å². The summed E-state index contributed by atoms with van der Waals surface area (Å²) in [7, 11) is 0. The molecule has 1 heterocycles. The Kier molecular flexibility index (Phi) is 2.21. The van der Waals surface area contributed by atoms with E-state index in [1.54, 1.807) is 6.07 Å². The average Bonchev–Trinajstić information content (AvgIpc) is 2.60. The number of carbonyl (C=O) groups is 1. The van der Waals surface area contributed by atoms with Crippen LogP contribution < -0.4 is 0 Å². The first-order valence-corrected chi connectivity index (χ1v) is 5.12. The number of fused-ring (bicyclic) bond motifs is 1. The lowest BCUT2D eigenvalue weighted by molar-refractivity contribution is 0.0694. The van der Waals surface area contributed by atoms with Crippen molar-refractivity contribution >= 4 is 27.6 Å². The molecule has 0 aliphatic carbocycles. The fourth-order valence-corrected chi connectivity index (χ4v) is 2.40. The summed E-state index contributed by atoms with van der Waals surface area (Å²) in [4.78, 5) is 10.8. The van der Waals surface area contributed by atoms with E-state index in [4.69, 9.17) is 5.11 Å². The van der Waals surface area contributed by atoms with Gasteiger partial charge in [0.15, 0.2) is 5.69 Å². The Morgan fingerprint density at radius 1 is 1.57 bits per heavy atom. The number of nitrogens with zero attached hydrogens (tertiary/aromatic N) is 1. The van der Waals surface area contributed by atoms with Crippen LogP contribution in [0.25, 0.3) is 10.1 Å². The van der Waals surface area contributed by atoms with Crippen LogP contribution in [0.5, 0.6) is 0 Å². The van der Waals surface area contributed by atoms with E-state index in [1.807, 2.05) is 12.1 Å². The zero-order valence-electron chi connectivity index (χ0n) is 7.65. The zero-order chi connectivity index (χ0) is 10.1. The van der Waals surface area contributed by atoms with E-state index in [9.17, 15) is 4.79 Å². The van der Waals surface area contributed by atoms with E-state index in [2.05, 4.69) is 11.3 Å². The molecule has 0 amide bonds. The van der Waals surface area contributed by atoms with E-state index >= 15 is 0 Å². The molecule has 0 atom stereocenters. The SMILES string of the molecule is CCc1cccc2c(C(=O)O)nsc12. The van der Waals surface area contributed by atoms with Crippen LogP contribution in [0, 0.1) is 0 Å². The molecule has 0 radical (unpaired) electrons. The summed E-state index contributed by atoms with van der Waals surface area (Å²) in [6.07, 6.45) is 0.901. The van der Waals surface area contributed by atoms with E-state index < -0.39 is 5.97 Å². The molecule has 0 saturated heterocycles. The summed E-state index contributed by atoms with van der Waals surface area (Å²) in [5.74, 6) is -0.954. The minimum atomic E-state index is -0.954. The van der Waals surface area contributed by atoms with Crippen LogP contribution in [-0.4, -0.2) is 15.4 Å². The monoisotopic (exact) mass is 207 g/mol. The first-order chi connectivity index (χ1) is 6.74. The fourth-order valence-electron chi connectivity index (χ4n) is 1.45. The van der Waals surface area contributed by atoms with Gasteiger partial charge in [0.2, 0.25) is 0 Å². The minimum absolute atomic E-state index is 0.167. The highest BCUT2D eigenvalue weighted by Gasteiger charge is 2.13. The molecule has 0 aliphatic rings. The lowest BCUT2D eigenvalue weighted by Gasteiger charge is -1.96. The van der Waals surface area contributed by atoms with Crippen LogP contribution in [0.1, 0.15) is 23.0 Å². The third kappa shape index (κ3) is 1.28. The molecule has 2 aromatic rings. The summed E-state index contributed by atoms with van der Waals surface area (Å²) < 4.78 is 4.94. The first-order valence-electron chi connectivity index (χ1n) is 4.34. The molecular formula is C10H9NO2S. The van der Waals surface area contributed by atoms with Crippen LogP contribution in [-0.2, 0) is 6.42 Å². The van der Waals surface area contributed by atoms with Crippen LogP contribution >= 0.6 is 11.5 Å². The van der Waals surface area contributed by atoms with Gasteiger partial charge in [-0.1, -0.05) is 25.1 Å². The lowest BCUT2D eigenvalue weighted by Crippen LogP contribution is -1.96. The summed E-state index contributed by atoms with van der Waals surface area (Å²) in [6, 6.07) is 5.69. The molecule has 3 nitrogen and oxygen atoms in total. The third-order valence-corrected chi connectivity index (χ3v) is 3.10. The van der Waals surface area contributed by atoms with E-state index in [0.717, 1.165) is 22.1 Å². The maximum absolute atomic E-state index is 10.8. The van der Waals surface area contributed by atoms with Crippen molar-refractivity contribution in [2.24, 2.45) is 0 Å². The first kappa shape index (κ1) is 9.15. The van der Waals surface area contributed by atoms with Crippen molar-refractivity contribution in [1.82, 2.24) is 4.37 Å². The smallest absolute Gasteiger partial charge is 0.356 e. The molecule has 0 fully saturated rings. The maximum Gasteiger partial charge on any atom is 0.356 e. The van der Waals surface area contributed by atoms with Crippen molar-refractivity contribution in [2.45, 2.75) is 13.3 Å². The van der Waals surface area contributed by atoms with Gasteiger partial charge in [-0.2, -0.15) is 4.37 Å². The normalized spacial score (nSPS) is 10.6. The quantitative estimate of drug-likeness (QED) is 0.823. The number of aromatic nitrogens is 1. The topological polar surface area (TPSA) is 50.2 Å². The lowest BCUT2D eigenvalue weighted by atomic mass is 10.1. The van der Waals surface area contributed by atoms with Crippen molar-refractivity contribution in [3.05, 3.63) is 29.5 Å². The molecule has 1 aromatic carbocycles. The molecule has 0 unspecified atom stereocenters. The number of aryl methyl sites for hydroxylation is 1. The highest BCUT2D eigenvalue weighted by atomic mass is 32.1. The predicted molar refractivity (Wildman–Crippen MR) is 56.0 cm³/mol. The Morgan fingerprint density at radius 2 is 2.36 bits per heavy atom. The van der Waals surface area contributed by atoms with E-state index in [-0.39, 0.29) is 5.69 Å². The van der Waals surface area contributed by atoms with Gasteiger partial charge in [0.1, 0.15) is 0 Å². The van der Waals surface area contributed by atoms with Gasteiger partial charge in [-0.15, -0.1) is 0 Å². The molecule has 0 aliphatic heterocycles. The molecule has 0 spiro atoms. The number of rotatable bonds is 2. The molecule has 14 heavy (non-hydrogen) atoms. The molecule has 72 valence electrons. The van der Waals surface area contributed by atoms with Crippen LogP contribution in [0.3, 0.4) is 0 Å². The fraction of sp³-hybridized carbons (Fsp3) is 0.200. The second kappa shape index (κ2) is 3.38. The molecule has 2 rings (SSSR count). The summed E-state index contributed by atoms with van der Waals surface area (Å²) in [5, 5.41) is 9.63. The highest BCUT2D eigenvalue weighted by Crippen LogP contribution is 2.26. The van der Waals surface area contributed by atoms with Gasteiger partial charge in [-0.3, -0.25) is 0 Å². The second-order valence-electron chi connectivity index (χ2n) is 2.98. The molecule has 1 N–H and O–H groups in total. The Labute approximate surface area is 85.2 Å². The predicted octanol–water partition coefficient (Wildman–Crippen LogP) is 2.56. The van der Waals surface area contributed by atoms with Crippen molar-refractivity contribution in [1.29, 1.82) is 0 Å². The Bertz CT molecular complexity index is 490. The number of hydrogen-bond acceptors (Lipinski definition) is 3. The molecule has 0 saturated carbocycles. The number of aromatic carboxylic acids is 1.